The van der Waals surface area contributed by atoms with E-state index < -0.39 is 0 Å². The molecule has 1 saturated heterocycles. The minimum Gasteiger partial charge on any atom is -0.395 e. The van der Waals surface area contributed by atoms with Crippen molar-refractivity contribution >= 4 is 45.1 Å². The van der Waals surface area contributed by atoms with Crippen LogP contribution in [0, 0.1) is 0 Å². The number of nitrogens with one attached hydrogen (secondary N) is 2. The van der Waals surface area contributed by atoms with Gasteiger partial charge in [0.05, 0.1) is 22.5 Å². The molecule has 1 atom stereocenters. The molecule has 1 fully saturated rings. The lowest BCUT2D eigenvalue weighted by atomic mass is 10.0. The summed E-state index contributed by atoms with van der Waals surface area (Å²) in [5.74, 6) is 0.808. The Morgan fingerprint density at radius 1 is 1.29 bits per heavy atom. The number of anilines is 1. The molecule has 4 aromatic heterocycles. The van der Waals surface area contributed by atoms with Crippen molar-refractivity contribution < 1.29 is 5.11 Å². The Hall–Kier alpha value is -3.14. The van der Waals surface area contributed by atoms with E-state index in [0.29, 0.717) is 11.6 Å². The number of aliphatic hydroxyl groups is 1. The molecule has 5 heterocycles. The summed E-state index contributed by atoms with van der Waals surface area (Å²) in [6, 6.07) is 4.00. The number of imidazole rings is 1. The topological polar surface area (TPSA) is 99.3 Å². The van der Waals surface area contributed by atoms with Gasteiger partial charge >= 0.3 is 0 Å². The van der Waals surface area contributed by atoms with E-state index in [9.17, 15) is 5.11 Å². The highest BCUT2D eigenvalue weighted by molar-refractivity contribution is 6.38. The maximum absolute atomic E-state index is 9.58. The van der Waals surface area contributed by atoms with Crippen LogP contribution in [0.5, 0.6) is 0 Å². The predicted octanol–water partition coefficient (Wildman–Crippen LogP) is 2.19. The lowest BCUT2D eigenvalue weighted by Crippen LogP contribution is -2.53. The lowest BCUT2D eigenvalue weighted by Gasteiger charge is -2.33. The summed E-state index contributed by atoms with van der Waals surface area (Å²) in [6.07, 6.45) is 7.58. The molecule has 9 nitrogen and oxygen atoms in total. The molecule has 0 saturated carbocycles. The molecule has 0 bridgehead atoms. The van der Waals surface area contributed by atoms with E-state index in [4.69, 9.17) is 16.6 Å². The molecule has 0 radical (unpaired) electrons. The van der Waals surface area contributed by atoms with Gasteiger partial charge in [0.2, 0.25) is 5.95 Å². The summed E-state index contributed by atoms with van der Waals surface area (Å²) < 4.78 is 3.78. The molecule has 1 aliphatic heterocycles. The molecular weight excluding hydrogens is 416 g/mol. The number of halogens is 1. The Kier molecular flexibility index (Phi) is 4.17. The highest BCUT2D eigenvalue weighted by Crippen LogP contribution is 2.39. The fourth-order valence-corrected chi connectivity index (χ4v) is 4.79. The summed E-state index contributed by atoms with van der Waals surface area (Å²) in [5.41, 5.74) is 4.30. The van der Waals surface area contributed by atoms with Crippen LogP contribution in [-0.2, 0) is 7.05 Å². The summed E-state index contributed by atoms with van der Waals surface area (Å²) >= 11 is 6.80. The van der Waals surface area contributed by atoms with Gasteiger partial charge in [-0.15, -0.1) is 0 Å². The van der Waals surface area contributed by atoms with Crippen LogP contribution in [0.15, 0.2) is 36.9 Å². The van der Waals surface area contributed by atoms with E-state index in [-0.39, 0.29) is 12.6 Å². The van der Waals surface area contributed by atoms with Gasteiger partial charge in [-0.1, -0.05) is 17.7 Å². The first-order valence-corrected chi connectivity index (χ1v) is 10.6. The van der Waals surface area contributed by atoms with Crippen molar-refractivity contribution in [3.05, 3.63) is 41.9 Å². The normalized spacial score (nSPS) is 17.4. The average Bonchev–Trinajstić information content (AvgIpc) is 3.51. The van der Waals surface area contributed by atoms with Crippen molar-refractivity contribution in [2.45, 2.75) is 6.04 Å². The monoisotopic (exact) mass is 436 g/mol. The minimum atomic E-state index is 0.0223. The van der Waals surface area contributed by atoms with E-state index in [1.807, 2.05) is 42.2 Å². The zero-order valence-corrected chi connectivity index (χ0v) is 17.6. The van der Waals surface area contributed by atoms with Crippen molar-refractivity contribution in [3.8, 4) is 11.1 Å². The van der Waals surface area contributed by atoms with Gasteiger partial charge in [-0.05, 0) is 6.07 Å². The smallest absolute Gasteiger partial charge is 0.213 e. The van der Waals surface area contributed by atoms with Gasteiger partial charge in [0.1, 0.15) is 5.65 Å². The zero-order chi connectivity index (χ0) is 21.1. The molecule has 0 spiro atoms. The maximum atomic E-state index is 9.58. The number of hydrogen-bond acceptors (Lipinski definition) is 6. The Morgan fingerprint density at radius 2 is 2.19 bits per heavy atom. The van der Waals surface area contributed by atoms with Crippen LogP contribution in [0.2, 0.25) is 5.02 Å². The second-order valence-corrected chi connectivity index (χ2v) is 8.28. The molecular formula is C21H21ClN8O. The first-order valence-electron chi connectivity index (χ1n) is 10.2. The number of aromatic amines is 1. The summed E-state index contributed by atoms with van der Waals surface area (Å²) in [4.78, 5) is 15.1. The number of piperazine rings is 1. The van der Waals surface area contributed by atoms with E-state index in [0.717, 1.165) is 57.7 Å². The van der Waals surface area contributed by atoms with Gasteiger partial charge in [0.25, 0.3) is 0 Å². The van der Waals surface area contributed by atoms with Gasteiger partial charge in [0.15, 0.2) is 5.65 Å². The van der Waals surface area contributed by atoms with Crippen molar-refractivity contribution in [2.75, 3.05) is 31.1 Å². The Balaban J connectivity index is 1.55. The first-order chi connectivity index (χ1) is 15.1. The summed E-state index contributed by atoms with van der Waals surface area (Å²) in [5, 5.41) is 19.8. The van der Waals surface area contributed by atoms with Crippen molar-refractivity contribution in [1.29, 1.82) is 0 Å². The molecule has 3 N–H and O–H groups in total. The largest absolute Gasteiger partial charge is 0.395 e. The molecule has 6 rings (SSSR count). The predicted molar refractivity (Wildman–Crippen MR) is 121 cm³/mol. The van der Waals surface area contributed by atoms with Crippen molar-refractivity contribution in [1.82, 2.24) is 34.4 Å². The van der Waals surface area contributed by atoms with E-state index in [2.05, 4.69) is 25.3 Å². The number of aromatic nitrogens is 6. The van der Waals surface area contributed by atoms with Crippen LogP contribution in [0.1, 0.15) is 0 Å². The minimum absolute atomic E-state index is 0.0223. The SMILES string of the molecule is Cn1cc2c(Cl)c(-c3c[nH]c4nc(N5CCN[C@H](CO)C5)n5ccnc5c34)ccc2n1. The van der Waals surface area contributed by atoms with E-state index in [1.165, 1.54) is 0 Å². The molecule has 0 amide bonds. The van der Waals surface area contributed by atoms with Gasteiger partial charge < -0.3 is 20.3 Å². The number of H-pyrrole nitrogens is 1. The number of aliphatic hydroxyl groups excluding tert-OH is 1. The number of aryl methyl sites for hydroxylation is 1. The number of fused-ring (bicyclic) bond motifs is 4. The third-order valence-electron chi connectivity index (χ3n) is 5.94. The maximum Gasteiger partial charge on any atom is 0.213 e. The number of benzene rings is 1. The second-order valence-electron chi connectivity index (χ2n) is 7.90. The fourth-order valence-electron chi connectivity index (χ4n) is 4.48. The Morgan fingerprint density at radius 3 is 3.06 bits per heavy atom. The fraction of sp³-hybridized carbons (Fsp3) is 0.286. The number of rotatable bonds is 3. The standard InChI is InChI=1S/C21H21ClN8O/c1-28-10-15-16(27-28)3-2-13(18(15)22)14-8-25-19-17(14)20-24-5-7-30(20)21(26-19)29-6-4-23-12(9-29)11-31/h2-3,5,7-8,10,12,23,25,31H,4,6,9,11H2,1H3/t12-/m0/s1. The third kappa shape index (κ3) is 2.81. The van der Waals surface area contributed by atoms with Crippen LogP contribution in [0.3, 0.4) is 0 Å². The van der Waals surface area contributed by atoms with Gasteiger partial charge in [-0.2, -0.15) is 10.1 Å². The van der Waals surface area contributed by atoms with E-state index >= 15 is 0 Å². The first kappa shape index (κ1) is 18.6. The highest BCUT2D eigenvalue weighted by atomic mass is 35.5. The highest BCUT2D eigenvalue weighted by Gasteiger charge is 2.24. The number of hydrogen-bond donors (Lipinski definition) is 3. The Labute approximate surface area is 182 Å². The van der Waals surface area contributed by atoms with Crippen molar-refractivity contribution in [3.63, 3.8) is 0 Å². The van der Waals surface area contributed by atoms with Crippen LogP contribution >= 0.6 is 11.6 Å². The van der Waals surface area contributed by atoms with Gasteiger partial charge in [-0.25, -0.2) is 4.98 Å². The van der Waals surface area contributed by atoms with Crippen LogP contribution in [-0.4, -0.2) is 66.5 Å². The quantitative estimate of drug-likeness (QED) is 0.401. The van der Waals surface area contributed by atoms with Crippen LogP contribution in [0.25, 0.3) is 38.7 Å². The molecule has 10 heteroatoms. The number of nitrogens with zero attached hydrogens (tertiary/aromatic N) is 6. The van der Waals surface area contributed by atoms with Crippen LogP contribution < -0.4 is 10.2 Å². The second kappa shape index (κ2) is 6.94. The third-order valence-corrected chi connectivity index (χ3v) is 6.35. The lowest BCUT2D eigenvalue weighted by molar-refractivity contribution is 0.235. The average molecular weight is 437 g/mol. The van der Waals surface area contributed by atoms with Gasteiger partial charge in [-0.3, -0.25) is 9.08 Å². The molecule has 0 aliphatic carbocycles. The van der Waals surface area contributed by atoms with Crippen LogP contribution in [0.4, 0.5) is 5.95 Å². The van der Waals surface area contributed by atoms with Gasteiger partial charge in [0, 0.05) is 74.0 Å². The molecule has 1 aromatic carbocycles. The Bertz CT molecular complexity index is 1430. The zero-order valence-electron chi connectivity index (χ0n) is 16.9. The molecule has 0 unspecified atom stereocenters. The summed E-state index contributed by atoms with van der Waals surface area (Å²) in [6.45, 7) is 2.37. The molecule has 31 heavy (non-hydrogen) atoms. The van der Waals surface area contributed by atoms with Crippen molar-refractivity contribution in [2.24, 2.45) is 7.05 Å². The summed E-state index contributed by atoms with van der Waals surface area (Å²) in [7, 11) is 1.89. The molecule has 5 aromatic rings. The van der Waals surface area contributed by atoms with E-state index in [1.54, 1.807) is 10.9 Å². The molecule has 1 aliphatic rings. The molecule has 158 valence electrons.